The molecule has 0 unspecified atom stereocenters. The third-order valence-electron chi connectivity index (χ3n) is 3.10. The summed E-state index contributed by atoms with van der Waals surface area (Å²) in [5.41, 5.74) is 1.37. The normalized spacial score (nSPS) is 10.3. The van der Waals surface area contributed by atoms with E-state index in [9.17, 15) is 14.9 Å². The molecule has 114 valence electrons. The molecule has 0 radical (unpaired) electrons. The number of carbonyl (C=O) groups is 1. The largest absolute Gasteiger partial charge is 0.378 e. The van der Waals surface area contributed by atoms with Gasteiger partial charge in [0.2, 0.25) is 0 Å². The highest BCUT2D eigenvalue weighted by Crippen LogP contribution is 2.25. The van der Waals surface area contributed by atoms with Crippen LogP contribution in [0.1, 0.15) is 15.9 Å². The van der Waals surface area contributed by atoms with Crippen molar-refractivity contribution in [1.29, 1.82) is 0 Å². The third kappa shape index (κ3) is 3.75. The Morgan fingerprint density at radius 1 is 1.18 bits per heavy atom. The summed E-state index contributed by atoms with van der Waals surface area (Å²) in [5, 5.41) is 14.6. The number of hydrogen-bond acceptors (Lipinski definition) is 4. The van der Waals surface area contributed by atoms with Gasteiger partial charge in [-0.05, 0) is 25.1 Å². The molecule has 0 amide bonds. The van der Waals surface area contributed by atoms with E-state index in [2.05, 4.69) is 5.32 Å². The molecule has 0 aliphatic carbocycles. The van der Waals surface area contributed by atoms with Crippen LogP contribution in [0.25, 0.3) is 0 Å². The van der Waals surface area contributed by atoms with E-state index in [0.29, 0.717) is 21.3 Å². The van der Waals surface area contributed by atoms with Crippen molar-refractivity contribution in [2.24, 2.45) is 0 Å². The van der Waals surface area contributed by atoms with Crippen LogP contribution in [-0.2, 0) is 0 Å². The van der Waals surface area contributed by atoms with Gasteiger partial charge in [-0.2, -0.15) is 0 Å². The highest BCUT2D eigenvalue weighted by Gasteiger charge is 2.14. The highest BCUT2D eigenvalue weighted by atomic mass is 35.5. The Hall–Kier alpha value is -2.11. The van der Waals surface area contributed by atoms with Crippen molar-refractivity contribution < 1.29 is 9.72 Å². The summed E-state index contributed by atoms with van der Waals surface area (Å²) in [5.74, 6) is -0.255. The van der Waals surface area contributed by atoms with E-state index in [4.69, 9.17) is 23.2 Å². The Morgan fingerprint density at radius 2 is 1.91 bits per heavy atom. The average Bonchev–Trinajstić information content (AvgIpc) is 2.48. The van der Waals surface area contributed by atoms with Gasteiger partial charge in [-0.3, -0.25) is 14.9 Å². The first kappa shape index (κ1) is 16.3. The molecule has 0 fully saturated rings. The number of halogens is 2. The van der Waals surface area contributed by atoms with Crippen LogP contribution < -0.4 is 5.32 Å². The third-order valence-corrected chi connectivity index (χ3v) is 3.84. The Kier molecular flexibility index (Phi) is 5.00. The van der Waals surface area contributed by atoms with E-state index >= 15 is 0 Å². The summed E-state index contributed by atoms with van der Waals surface area (Å²) in [6.45, 7) is 1.62. The highest BCUT2D eigenvalue weighted by molar-refractivity contribution is 6.42. The molecule has 0 bridgehead atoms. The first-order chi connectivity index (χ1) is 10.4. The summed E-state index contributed by atoms with van der Waals surface area (Å²) in [6, 6.07) is 9.33. The molecule has 1 N–H and O–H groups in total. The molecule has 0 aromatic heterocycles. The SMILES string of the molecule is Cc1ccc(C(=O)CNc2ccc(Cl)c(Cl)c2)cc1[N+](=O)[O-]. The standard InChI is InChI=1S/C15H12Cl2N2O3/c1-9-2-3-10(6-14(9)19(21)22)15(20)8-18-11-4-5-12(16)13(17)7-11/h2-7,18H,8H2,1H3. The number of anilines is 1. The predicted octanol–water partition coefficient (Wildman–Crippen LogP) is 4.50. The second-order valence-corrected chi connectivity index (χ2v) is 5.48. The van der Waals surface area contributed by atoms with E-state index < -0.39 is 4.92 Å². The molecule has 7 heteroatoms. The smallest absolute Gasteiger partial charge is 0.273 e. The van der Waals surface area contributed by atoms with Crippen molar-refractivity contribution in [2.45, 2.75) is 6.92 Å². The molecule has 2 rings (SSSR count). The molecule has 0 aliphatic heterocycles. The van der Waals surface area contributed by atoms with Gasteiger partial charge in [-0.1, -0.05) is 35.3 Å². The lowest BCUT2D eigenvalue weighted by Gasteiger charge is -2.07. The fourth-order valence-corrected chi connectivity index (χ4v) is 2.17. The lowest BCUT2D eigenvalue weighted by molar-refractivity contribution is -0.385. The zero-order valence-corrected chi connectivity index (χ0v) is 13.1. The number of hydrogen-bond donors (Lipinski definition) is 1. The zero-order chi connectivity index (χ0) is 16.3. The Bertz CT molecular complexity index is 748. The fraction of sp³-hybridized carbons (Fsp3) is 0.133. The fourth-order valence-electron chi connectivity index (χ4n) is 1.87. The van der Waals surface area contributed by atoms with Crippen LogP contribution in [-0.4, -0.2) is 17.3 Å². The Labute approximate surface area is 137 Å². The van der Waals surface area contributed by atoms with Crippen molar-refractivity contribution in [1.82, 2.24) is 0 Å². The maximum Gasteiger partial charge on any atom is 0.273 e. The molecular formula is C15H12Cl2N2O3. The van der Waals surface area contributed by atoms with Crippen LogP contribution in [0.15, 0.2) is 36.4 Å². The number of rotatable bonds is 5. The van der Waals surface area contributed by atoms with Crippen molar-refractivity contribution in [3.8, 4) is 0 Å². The van der Waals surface area contributed by atoms with Gasteiger partial charge in [0.15, 0.2) is 5.78 Å². The quantitative estimate of drug-likeness (QED) is 0.494. The molecule has 0 aliphatic rings. The molecular weight excluding hydrogens is 327 g/mol. The van der Waals surface area contributed by atoms with Gasteiger partial charge < -0.3 is 5.32 Å². The number of Topliss-reactive ketones (excluding diaryl/α,β-unsaturated/α-hetero) is 1. The minimum atomic E-state index is -0.501. The van der Waals surface area contributed by atoms with E-state index in [1.165, 1.54) is 6.07 Å². The van der Waals surface area contributed by atoms with Gasteiger partial charge in [0.1, 0.15) is 0 Å². The first-order valence-corrected chi connectivity index (χ1v) is 7.11. The minimum Gasteiger partial charge on any atom is -0.378 e. The Morgan fingerprint density at radius 3 is 2.55 bits per heavy atom. The molecule has 2 aromatic rings. The van der Waals surface area contributed by atoms with Gasteiger partial charge in [0.05, 0.1) is 21.5 Å². The van der Waals surface area contributed by atoms with Crippen molar-refractivity contribution >= 4 is 40.4 Å². The second-order valence-electron chi connectivity index (χ2n) is 4.66. The summed E-state index contributed by atoms with van der Waals surface area (Å²) in [4.78, 5) is 22.5. The minimum absolute atomic E-state index is 0.00181. The molecule has 0 saturated carbocycles. The Balaban J connectivity index is 2.10. The van der Waals surface area contributed by atoms with E-state index in [1.54, 1.807) is 37.3 Å². The average molecular weight is 339 g/mol. The van der Waals surface area contributed by atoms with E-state index in [-0.39, 0.29) is 23.6 Å². The van der Waals surface area contributed by atoms with Crippen molar-refractivity contribution in [2.75, 3.05) is 11.9 Å². The van der Waals surface area contributed by atoms with Crippen LogP contribution in [0.2, 0.25) is 10.0 Å². The topological polar surface area (TPSA) is 72.2 Å². The van der Waals surface area contributed by atoms with Gasteiger partial charge in [0.25, 0.3) is 5.69 Å². The molecule has 0 heterocycles. The van der Waals surface area contributed by atoms with Crippen LogP contribution in [0.5, 0.6) is 0 Å². The van der Waals surface area contributed by atoms with Crippen molar-refractivity contribution in [3.63, 3.8) is 0 Å². The number of carbonyl (C=O) groups excluding carboxylic acids is 1. The monoisotopic (exact) mass is 338 g/mol. The van der Waals surface area contributed by atoms with Gasteiger partial charge >= 0.3 is 0 Å². The molecule has 2 aromatic carbocycles. The zero-order valence-electron chi connectivity index (χ0n) is 11.6. The van der Waals surface area contributed by atoms with Gasteiger partial charge in [-0.15, -0.1) is 0 Å². The summed E-state index contributed by atoms with van der Waals surface area (Å²) >= 11 is 11.7. The van der Waals surface area contributed by atoms with Crippen LogP contribution in [0.4, 0.5) is 11.4 Å². The molecule has 0 spiro atoms. The number of nitro groups is 1. The van der Waals surface area contributed by atoms with Gasteiger partial charge in [-0.25, -0.2) is 0 Å². The molecule has 22 heavy (non-hydrogen) atoms. The molecule has 5 nitrogen and oxygen atoms in total. The van der Waals surface area contributed by atoms with Crippen molar-refractivity contribution in [3.05, 3.63) is 67.7 Å². The number of aryl methyl sites for hydroxylation is 1. The number of nitrogens with one attached hydrogen (secondary N) is 1. The van der Waals surface area contributed by atoms with Crippen LogP contribution >= 0.6 is 23.2 Å². The second kappa shape index (κ2) is 6.77. The maximum atomic E-state index is 12.1. The van der Waals surface area contributed by atoms with Crippen LogP contribution in [0.3, 0.4) is 0 Å². The molecule has 0 atom stereocenters. The predicted molar refractivity (Wildman–Crippen MR) is 87.1 cm³/mol. The van der Waals surface area contributed by atoms with E-state index in [1.807, 2.05) is 0 Å². The summed E-state index contributed by atoms with van der Waals surface area (Å²) in [6.07, 6.45) is 0. The lowest BCUT2D eigenvalue weighted by atomic mass is 10.1. The van der Waals surface area contributed by atoms with Crippen LogP contribution in [0, 0.1) is 17.0 Å². The van der Waals surface area contributed by atoms with E-state index in [0.717, 1.165) is 0 Å². The number of nitrogens with zero attached hydrogens (tertiary/aromatic N) is 1. The molecule has 0 saturated heterocycles. The lowest BCUT2D eigenvalue weighted by Crippen LogP contribution is -2.14. The van der Waals surface area contributed by atoms with Gasteiger partial charge in [0, 0.05) is 22.9 Å². The summed E-state index contributed by atoms with van der Waals surface area (Å²) in [7, 11) is 0. The first-order valence-electron chi connectivity index (χ1n) is 6.35. The number of benzene rings is 2. The number of nitro benzene ring substituents is 1. The maximum absolute atomic E-state index is 12.1. The summed E-state index contributed by atoms with van der Waals surface area (Å²) < 4.78 is 0. The number of ketones is 1.